The summed E-state index contributed by atoms with van der Waals surface area (Å²) in [5.74, 6) is -0.630. The van der Waals surface area contributed by atoms with E-state index in [1.807, 2.05) is 6.07 Å². The van der Waals surface area contributed by atoms with E-state index in [2.05, 4.69) is 10.6 Å². The molecule has 0 aromatic heterocycles. The monoisotopic (exact) mass is 401 g/mol. The highest BCUT2D eigenvalue weighted by molar-refractivity contribution is 6.31. The predicted octanol–water partition coefficient (Wildman–Crippen LogP) is 3.06. The molecule has 1 atom stereocenters. The first kappa shape index (κ1) is 19.7. The van der Waals surface area contributed by atoms with Gasteiger partial charge in [0.2, 0.25) is 5.91 Å². The van der Waals surface area contributed by atoms with Gasteiger partial charge in [-0.2, -0.15) is 0 Å². The molecule has 1 aliphatic rings. The number of aryl methyl sites for hydroxylation is 1. The third-order valence-electron chi connectivity index (χ3n) is 4.68. The minimum atomic E-state index is -1.22. The normalized spacial score (nSPS) is 18.8. The number of imide groups is 1. The standard InChI is InChI=1S/C20H20ClN3O4/c1-12-9-15(16(28-3)10-14(12)21)22-17(25)11-24-18(26)20(2,23-19(24)27)13-7-5-4-6-8-13/h4-10H,11H2,1-3H3,(H,22,25)(H,23,27). The average molecular weight is 402 g/mol. The second-order valence-electron chi connectivity index (χ2n) is 6.66. The fourth-order valence-electron chi connectivity index (χ4n) is 3.07. The second kappa shape index (κ2) is 7.52. The zero-order chi connectivity index (χ0) is 20.5. The number of benzene rings is 2. The summed E-state index contributed by atoms with van der Waals surface area (Å²) >= 11 is 6.07. The Morgan fingerprint density at radius 2 is 1.93 bits per heavy atom. The molecule has 2 aromatic rings. The Morgan fingerprint density at radius 1 is 1.25 bits per heavy atom. The van der Waals surface area contributed by atoms with Crippen LogP contribution in [-0.2, 0) is 15.1 Å². The maximum absolute atomic E-state index is 12.9. The lowest BCUT2D eigenvalue weighted by Gasteiger charge is -2.22. The lowest BCUT2D eigenvalue weighted by Crippen LogP contribution is -2.42. The van der Waals surface area contributed by atoms with E-state index in [-0.39, 0.29) is 0 Å². The van der Waals surface area contributed by atoms with E-state index in [0.29, 0.717) is 22.0 Å². The summed E-state index contributed by atoms with van der Waals surface area (Å²) in [7, 11) is 1.46. The SMILES string of the molecule is COc1cc(Cl)c(C)cc1NC(=O)CN1C(=O)NC(C)(c2ccccc2)C1=O. The average Bonchev–Trinajstić information content (AvgIpc) is 2.89. The summed E-state index contributed by atoms with van der Waals surface area (Å²) < 4.78 is 5.23. The summed E-state index contributed by atoms with van der Waals surface area (Å²) in [6.07, 6.45) is 0. The fourth-order valence-corrected chi connectivity index (χ4v) is 3.22. The number of halogens is 1. The zero-order valence-electron chi connectivity index (χ0n) is 15.7. The molecule has 7 nitrogen and oxygen atoms in total. The van der Waals surface area contributed by atoms with Crippen LogP contribution in [0.4, 0.5) is 10.5 Å². The van der Waals surface area contributed by atoms with Gasteiger partial charge in [0.25, 0.3) is 5.91 Å². The predicted molar refractivity (Wildman–Crippen MR) is 105 cm³/mol. The van der Waals surface area contributed by atoms with Crippen LogP contribution in [0.1, 0.15) is 18.1 Å². The highest BCUT2D eigenvalue weighted by Gasteiger charge is 2.49. The van der Waals surface area contributed by atoms with Crippen LogP contribution < -0.4 is 15.4 Å². The summed E-state index contributed by atoms with van der Waals surface area (Å²) in [4.78, 5) is 38.6. The Labute approximate surface area is 167 Å². The Morgan fingerprint density at radius 3 is 2.57 bits per heavy atom. The summed E-state index contributed by atoms with van der Waals surface area (Å²) in [5, 5.41) is 5.84. The van der Waals surface area contributed by atoms with Gasteiger partial charge in [-0.3, -0.25) is 14.5 Å². The number of rotatable bonds is 5. The van der Waals surface area contributed by atoms with Crippen molar-refractivity contribution in [3.05, 3.63) is 58.6 Å². The Hall–Kier alpha value is -3.06. The summed E-state index contributed by atoms with van der Waals surface area (Å²) in [5.41, 5.74) is 0.593. The van der Waals surface area contributed by atoms with Crippen molar-refractivity contribution in [1.29, 1.82) is 0 Å². The molecule has 0 bridgehead atoms. The first-order chi connectivity index (χ1) is 13.3. The minimum Gasteiger partial charge on any atom is -0.495 e. The summed E-state index contributed by atoms with van der Waals surface area (Å²) in [6, 6.07) is 11.5. The van der Waals surface area contributed by atoms with Crippen LogP contribution in [0.15, 0.2) is 42.5 Å². The number of hydrogen-bond donors (Lipinski definition) is 2. The highest BCUT2D eigenvalue weighted by Crippen LogP contribution is 2.31. The molecule has 1 fully saturated rings. The van der Waals surface area contributed by atoms with Gasteiger partial charge in [-0.1, -0.05) is 41.9 Å². The third-order valence-corrected chi connectivity index (χ3v) is 5.09. The molecule has 2 aromatic carbocycles. The number of urea groups is 1. The van der Waals surface area contributed by atoms with Crippen molar-refractivity contribution in [2.45, 2.75) is 19.4 Å². The van der Waals surface area contributed by atoms with Crippen molar-refractivity contribution in [2.75, 3.05) is 19.0 Å². The largest absolute Gasteiger partial charge is 0.495 e. The van der Waals surface area contributed by atoms with Gasteiger partial charge in [0, 0.05) is 11.1 Å². The summed E-state index contributed by atoms with van der Waals surface area (Å²) in [6.45, 7) is 2.99. The van der Waals surface area contributed by atoms with E-state index in [1.54, 1.807) is 50.2 Å². The number of methoxy groups -OCH3 is 1. The Balaban J connectivity index is 1.77. The number of amides is 4. The van der Waals surface area contributed by atoms with E-state index in [0.717, 1.165) is 10.5 Å². The van der Waals surface area contributed by atoms with E-state index in [1.165, 1.54) is 7.11 Å². The number of carbonyl (C=O) groups excluding carboxylic acids is 3. The lowest BCUT2D eigenvalue weighted by atomic mass is 9.92. The van der Waals surface area contributed by atoms with Gasteiger partial charge >= 0.3 is 6.03 Å². The number of nitrogens with one attached hydrogen (secondary N) is 2. The molecular weight excluding hydrogens is 382 g/mol. The molecule has 8 heteroatoms. The van der Waals surface area contributed by atoms with Crippen molar-refractivity contribution in [2.24, 2.45) is 0 Å². The topological polar surface area (TPSA) is 87.7 Å². The molecule has 1 unspecified atom stereocenters. The molecule has 0 aliphatic carbocycles. The molecular formula is C20H20ClN3O4. The number of hydrogen-bond acceptors (Lipinski definition) is 4. The van der Waals surface area contributed by atoms with E-state index >= 15 is 0 Å². The van der Waals surface area contributed by atoms with Gasteiger partial charge in [0.1, 0.15) is 17.8 Å². The van der Waals surface area contributed by atoms with Crippen LogP contribution in [0.3, 0.4) is 0 Å². The molecule has 0 saturated carbocycles. The molecule has 1 aliphatic heterocycles. The van der Waals surface area contributed by atoms with Crippen molar-refractivity contribution >= 4 is 35.1 Å². The lowest BCUT2D eigenvalue weighted by molar-refractivity contribution is -0.133. The maximum Gasteiger partial charge on any atom is 0.325 e. The van der Waals surface area contributed by atoms with Crippen LogP contribution in [0.2, 0.25) is 5.02 Å². The fraction of sp³-hybridized carbons (Fsp3) is 0.250. The molecule has 28 heavy (non-hydrogen) atoms. The van der Waals surface area contributed by atoms with Crippen molar-refractivity contribution < 1.29 is 19.1 Å². The first-order valence-electron chi connectivity index (χ1n) is 8.60. The molecule has 0 spiro atoms. The number of anilines is 1. The molecule has 146 valence electrons. The molecule has 4 amide bonds. The Bertz CT molecular complexity index is 948. The van der Waals surface area contributed by atoms with Crippen molar-refractivity contribution in [3.63, 3.8) is 0 Å². The van der Waals surface area contributed by atoms with Gasteiger partial charge in [-0.15, -0.1) is 0 Å². The smallest absolute Gasteiger partial charge is 0.325 e. The van der Waals surface area contributed by atoms with Crippen LogP contribution in [0, 0.1) is 6.92 Å². The third kappa shape index (κ3) is 3.53. The van der Waals surface area contributed by atoms with Crippen molar-refractivity contribution in [1.82, 2.24) is 10.2 Å². The minimum absolute atomic E-state index is 0.385. The van der Waals surface area contributed by atoms with Gasteiger partial charge in [0.05, 0.1) is 12.8 Å². The molecule has 2 N–H and O–H groups in total. The first-order valence-corrected chi connectivity index (χ1v) is 8.97. The number of carbonyl (C=O) groups is 3. The van der Waals surface area contributed by atoms with Crippen LogP contribution in [-0.4, -0.2) is 36.4 Å². The van der Waals surface area contributed by atoms with E-state index in [4.69, 9.17) is 16.3 Å². The van der Waals surface area contributed by atoms with Crippen LogP contribution >= 0.6 is 11.6 Å². The van der Waals surface area contributed by atoms with Gasteiger partial charge in [-0.05, 0) is 31.0 Å². The molecule has 0 radical (unpaired) electrons. The quantitative estimate of drug-likeness (QED) is 0.754. The number of nitrogens with zero attached hydrogens (tertiary/aromatic N) is 1. The second-order valence-corrected chi connectivity index (χ2v) is 7.07. The zero-order valence-corrected chi connectivity index (χ0v) is 16.5. The number of ether oxygens (including phenoxy) is 1. The maximum atomic E-state index is 12.9. The molecule has 1 saturated heterocycles. The van der Waals surface area contributed by atoms with Gasteiger partial charge in [-0.25, -0.2) is 4.79 Å². The molecule has 1 heterocycles. The van der Waals surface area contributed by atoms with E-state index < -0.39 is 29.9 Å². The molecule has 3 rings (SSSR count). The van der Waals surface area contributed by atoms with E-state index in [9.17, 15) is 14.4 Å². The highest BCUT2D eigenvalue weighted by atomic mass is 35.5. The van der Waals surface area contributed by atoms with Gasteiger partial charge < -0.3 is 15.4 Å². The van der Waals surface area contributed by atoms with Gasteiger partial charge in [0.15, 0.2) is 0 Å². The van der Waals surface area contributed by atoms with Crippen LogP contribution in [0.5, 0.6) is 5.75 Å². The van der Waals surface area contributed by atoms with Crippen LogP contribution in [0.25, 0.3) is 0 Å². The Kier molecular flexibility index (Phi) is 5.29. The van der Waals surface area contributed by atoms with Crippen molar-refractivity contribution in [3.8, 4) is 5.75 Å².